The topological polar surface area (TPSA) is 68.2 Å². The standard InChI is InChI=1S/C24H18ClF3N2O3/c1-30-12-11-18(24(26,27)28)20(23(30)33)14-7-5-13(6-8-14)15-3-2-4-16(21(15)25)17-9-10-19(31)29-22(17)32/h2-8,11-12,17H,9-10H2,1H3,(H,29,31,32). The van der Waals surface area contributed by atoms with Gasteiger partial charge in [0.15, 0.2) is 0 Å². The van der Waals surface area contributed by atoms with E-state index in [2.05, 4.69) is 5.32 Å². The number of amides is 2. The summed E-state index contributed by atoms with van der Waals surface area (Å²) in [6.45, 7) is 0. The van der Waals surface area contributed by atoms with Crippen LogP contribution in [-0.4, -0.2) is 16.4 Å². The molecule has 1 aliphatic heterocycles. The van der Waals surface area contributed by atoms with Crippen LogP contribution in [0.15, 0.2) is 59.5 Å². The van der Waals surface area contributed by atoms with Gasteiger partial charge in [-0.15, -0.1) is 0 Å². The van der Waals surface area contributed by atoms with Crippen molar-refractivity contribution in [3.8, 4) is 22.3 Å². The molecule has 1 aliphatic rings. The first-order valence-corrected chi connectivity index (χ1v) is 10.5. The number of carbonyl (C=O) groups is 2. The van der Waals surface area contributed by atoms with Gasteiger partial charge in [0, 0.05) is 25.2 Å². The molecule has 1 atom stereocenters. The summed E-state index contributed by atoms with van der Waals surface area (Å²) in [7, 11) is 1.39. The van der Waals surface area contributed by atoms with E-state index in [1.54, 1.807) is 30.3 Å². The van der Waals surface area contributed by atoms with Crippen LogP contribution in [-0.2, 0) is 22.8 Å². The van der Waals surface area contributed by atoms with Gasteiger partial charge in [-0.2, -0.15) is 13.2 Å². The number of aromatic nitrogens is 1. The highest BCUT2D eigenvalue weighted by atomic mass is 35.5. The van der Waals surface area contributed by atoms with Crippen molar-refractivity contribution in [2.75, 3.05) is 0 Å². The number of rotatable bonds is 3. The van der Waals surface area contributed by atoms with Gasteiger partial charge in [-0.05, 0) is 29.2 Å². The lowest BCUT2D eigenvalue weighted by Crippen LogP contribution is -2.39. The Morgan fingerprint density at radius 2 is 1.67 bits per heavy atom. The SMILES string of the molecule is Cn1ccc(C(F)(F)F)c(-c2ccc(-c3cccc(C4CCC(=O)NC4=O)c3Cl)cc2)c1=O. The molecule has 33 heavy (non-hydrogen) atoms. The van der Waals surface area contributed by atoms with E-state index < -0.39 is 34.7 Å². The third-order valence-corrected chi connectivity index (χ3v) is 6.12. The maximum Gasteiger partial charge on any atom is 0.417 e. The van der Waals surface area contributed by atoms with Crippen molar-refractivity contribution >= 4 is 23.4 Å². The van der Waals surface area contributed by atoms with Gasteiger partial charge in [0.05, 0.1) is 22.1 Å². The van der Waals surface area contributed by atoms with Crippen LogP contribution >= 0.6 is 11.6 Å². The van der Waals surface area contributed by atoms with Crippen molar-refractivity contribution in [1.29, 1.82) is 0 Å². The van der Waals surface area contributed by atoms with E-state index in [1.165, 1.54) is 19.2 Å². The number of carbonyl (C=O) groups excluding carboxylic acids is 2. The molecule has 2 heterocycles. The Morgan fingerprint density at radius 1 is 1.00 bits per heavy atom. The lowest BCUT2D eigenvalue weighted by atomic mass is 9.88. The molecule has 2 amide bonds. The number of benzene rings is 2. The van der Waals surface area contributed by atoms with Crippen LogP contribution in [0.5, 0.6) is 0 Å². The molecule has 0 radical (unpaired) electrons. The number of nitrogens with one attached hydrogen (secondary N) is 1. The van der Waals surface area contributed by atoms with Crippen molar-refractivity contribution in [1.82, 2.24) is 9.88 Å². The fourth-order valence-corrected chi connectivity index (χ4v) is 4.36. The van der Waals surface area contributed by atoms with E-state index in [0.717, 1.165) is 16.8 Å². The van der Waals surface area contributed by atoms with Crippen molar-refractivity contribution in [3.63, 3.8) is 0 Å². The zero-order valence-corrected chi connectivity index (χ0v) is 18.1. The predicted octanol–water partition coefficient (Wildman–Crippen LogP) is 4.91. The van der Waals surface area contributed by atoms with E-state index in [0.29, 0.717) is 28.1 Å². The van der Waals surface area contributed by atoms with E-state index in [-0.39, 0.29) is 17.9 Å². The van der Waals surface area contributed by atoms with Gasteiger partial charge in [0.1, 0.15) is 0 Å². The number of hydrogen-bond acceptors (Lipinski definition) is 3. The molecule has 0 bridgehead atoms. The normalized spacial score (nSPS) is 16.6. The number of alkyl halides is 3. The summed E-state index contributed by atoms with van der Waals surface area (Å²) in [5, 5.41) is 2.63. The minimum Gasteiger partial charge on any atom is -0.318 e. The summed E-state index contributed by atoms with van der Waals surface area (Å²) in [4.78, 5) is 36.2. The molecule has 1 unspecified atom stereocenters. The molecule has 4 rings (SSSR count). The smallest absolute Gasteiger partial charge is 0.318 e. The summed E-state index contributed by atoms with van der Waals surface area (Å²) in [5.74, 6) is -1.32. The second-order valence-electron chi connectivity index (χ2n) is 7.81. The molecule has 2 aromatic carbocycles. The van der Waals surface area contributed by atoms with Crippen LogP contribution in [0.25, 0.3) is 22.3 Å². The van der Waals surface area contributed by atoms with Gasteiger partial charge in [-0.3, -0.25) is 19.7 Å². The van der Waals surface area contributed by atoms with Gasteiger partial charge in [0.25, 0.3) is 5.56 Å². The molecule has 9 heteroatoms. The molecule has 0 spiro atoms. The number of hydrogen-bond donors (Lipinski definition) is 1. The number of halogens is 4. The molecular formula is C24H18ClF3N2O3. The van der Waals surface area contributed by atoms with Crippen molar-refractivity contribution in [2.24, 2.45) is 7.05 Å². The third kappa shape index (κ3) is 4.30. The van der Waals surface area contributed by atoms with Gasteiger partial charge >= 0.3 is 6.18 Å². The van der Waals surface area contributed by atoms with Crippen molar-refractivity contribution < 1.29 is 22.8 Å². The Labute approximate surface area is 191 Å². The molecule has 5 nitrogen and oxygen atoms in total. The van der Waals surface area contributed by atoms with Gasteiger partial charge in [0.2, 0.25) is 11.8 Å². The summed E-state index contributed by atoms with van der Waals surface area (Å²) < 4.78 is 41.6. The summed E-state index contributed by atoms with van der Waals surface area (Å²) >= 11 is 6.60. The highest BCUT2D eigenvalue weighted by Gasteiger charge is 2.35. The first kappa shape index (κ1) is 22.8. The lowest BCUT2D eigenvalue weighted by Gasteiger charge is -2.23. The minimum absolute atomic E-state index is 0.129. The van der Waals surface area contributed by atoms with Crippen LogP contribution in [0.2, 0.25) is 5.02 Å². The summed E-state index contributed by atoms with van der Waals surface area (Å²) in [6.07, 6.45) is -3.05. The van der Waals surface area contributed by atoms with E-state index in [9.17, 15) is 27.6 Å². The highest BCUT2D eigenvalue weighted by Crippen LogP contribution is 2.39. The van der Waals surface area contributed by atoms with E-state index >= 15 is 0 Å². The number of aryl methyl sites for hydroxylation is 1. The van der Waals surface area contributed by atoms with Crippen molar-refractivity contribution in [3.05, 3.63) is 81.2 Å². The van der Waals surface area contributed by atoms with Crippen LogP contribution in [0.1, 0.15) is 29.9 Å². The van der Waals surface area contributed by atoms with Gasteiger partial charge < -0.3 is 4.57 Å². The lowest BCUT2D eigenvalue weighted by molar-refractivity contribution is -0.137. The highest BCUT2D eigenvalue weighted by molar-refractivity contribution is 6.34. The predicted molar refractivity (Wildman–Crippen MR) is 118 cm³/mol. The average molecular weight is 475 g/mol. The molecular weight excluding hydrogens is 457 g/mol. The maximum absolute atomic E-state index is 13.5. The van der Waals surface area contributed by atoms with Crippen LogP contribution < -0.4 is 10.9 Å². The molecule has 1 fully saturated rings. The van der Waals surface area contributed by atoms with E-state index in [4.69, 9.17) is 11.6 Å². The minimum atomic E-state index is -4.68. The zero-order chi connectivity index (χ0) is 23.9. The molecule has 170 valence electrons. The first-order valence-electron chi connectivity index (χ1n) is 10.1. The Bertz CT molecular complexity index is 1310. The van der Waals surface area contributed by atoms with Crippen LogP contribution in [0, 0.1) is 0 Å². The Kier molecular flexibility index (Phi) is 5.88. The molecule has 0 aliphatic carbocycles. The largest absolute Gasteiger partial charge is 0.417 e. The Hall–Kier alpha value is -3.39. The summed E-state index contributed by atoms with van der Waals surface area (Å²) in [5.41, 5.74) is -0.292. The number of nitrogens with zero attached hydrogens (tertiary/aromatic N) is 1. The monoisotopic (exact) mass is 474 g/mol. The third-order valence-electron chi connectivity index (χ3n) is 5.70. The molecule has 1 saturated heterocycles. The number of imide groups is 1. The Morgan fingerprint density at radius 3 is 2.30 bits per heavy atom. The second-order valence-corrected chi connectivity index (χ2v) is 8.19. The average Bonchev–Trinajstić information content (AvgIpc) is 2.76. The van der Waals surface area contributed by atoms with Crippen molar-refractivity contribution in [2.45, 2.75) is 24.9 Å². The van der Waals surface area contributed by atoms with E-state index in [1.807, 2.05) is 0 Å². The van der Waals surface area contributed by atoms with Crippen LogP contribution in [0.3, 0.4) is 0 Å². The number of pyridine rings is 1. The fourth-order valence-electron chi connectivity index (χ4n) is 3.99. The molecule has 3 aromatic rings. The first-order chi connectivity index (χ1) is 15.6. The maximum atomic E-state index is 13.5. The fraction of sp³-hybridized carbons (Fsp3) is 0.208. The molecule has 1 aromatic heterocycles. The van der Waals surface area contributed by atoms with Gasteiger partial charge in [-0.1, -0.05) is 54.1 Å². The number of piperidine rings is 1. The Balaban J connectivity index is 1.74. The molecule has 1 N–H and O–H groups in total. The summed E-state index contributed by atoms with van der Waals surface area (Å²) in [6, 6.07) is 12.1. The molecule has 0 saturated carbocycles. The quantitative estimate of drug-likeness (QED) is 0.548. The second kappa shape index (κ2) is 8.51. The van der Waals surface area contributed by atoms with Crippen LogP contribution in [0.4, 0.5) is 13.2 Å². The van der Waals surface area contributed by atoms with Gasteiger partial charge in [-0.25, -0.2) is 0 Å². The zero-order valence-electron chi connectivity index (χ0n) is 17.4.